The van der Waals surface area contributed by atoms with E-state index in [4.69, 9.17) is 21.1 Å². The average Bonchev–Trinajstić information content (AvgIpc) is 2.83. The summed E-state index contributed by atoms with van der Waals surface area (Å²) in [7, 11) is 1.55. The van der Waals surface area contributed by atoms with Crippen LogP contribution in [0, 0.1) is 0 Å². The van der Waals surface area contributed by atoms with Gasteiger partial charge in [0.1, 0.15) is 0 Å². The van der Waals surface area contributed by atoms with Crippen molar-refractivity contribution < 1.29 is 14.3 Å². The minimum absolute atomic E-state index is 0.0659. The highest BCUT2D eigenvalue weighted by Gasteiger charge is 2.22. The topological polar surface area (TPSA) is 35.5 Å². The van der Waals surface area contributed by atoms with E-state index in [9.17, 15) is 4.79 Å². The molecule has 18 heavy (non-hydrogen) atoms. The number of benzene rings is 1. The van der Waals surface area contributed by atoms with Crippen LogP contribution in [0.25, 0.3) is 0 Å². The van der Waals surface area contributed by atoms with E-state index in [1.54, 1.807) is 19.2 Å². The third kappa shape index (κ3) is 2.78. The molecule has 1 aromatic rings. The number of ketones is 1. The van der Waals surface area contributed by atoms with E-state index in [1.807, 2.05) is 0 Å². The van der Waals surface area contributed by atoms with Crippen molar-refractivity contribution in [3.63, 3.8) is 0 Å². The zero-order chi connectivity index (χ0) is 13.1. The van der Waals surface area contributed by atoms with Crippen LogP contribution in [0.4, 0.5) is 0 Å². The lowest BCUT2D eigenvalue weighted by atomic mass is 10.1. The van der Waals surface area contributed by atoms with Crippen LogP contribution in [0.2, 0.25) is 5.02 Å². The molecule has 1 aromatic carbocycles. The van der Waals surface area contributed by atoms with Gasteiger partial charge in [-0.3, -0.25) is 4.79 Å². The summed E-state index contributed by atoms with van der Waals surface area (Å²) in [5, 5.41) is 0.482. The van der Waals surface area contributed by atoms with E-state index in [0.717, 1.165) is 12.8 Å². The quantitative estimate of drug-likeness (QED) is 0.778. The third-order valence-electron chi connectivity index (χ3n) is 3.21. The van der Waals surface area contributed by atoms with Gasteiger partial charge in [0.15, 0.2) is 17.3 Å². The fourth-order valence-corrected chi connectivity index (χ4v) is 2.48. The highest BCUT2D eigenvalue weighted by Crippen LogP contribution is 2.37. The number of ether oxygens (including phenoxy) is 2. The molecule has 0 N–H and O–H groups in total. The maximum Gasteiger partial charge on any atom is 0.172 e. The molecule has 3 nitrogen and oxygen atoms in total. The highest BCUT2D eigenvalue weighted by atomic mass is 35.5. The van der Waals surface area contributed by atoms with Crippen molar-refractivity contribution in [1.82, 2.24) is 0 Å². The van der Waals surface area contributed by atoms with Crippen molar-refractivity contribution in [2.24, 2.45) is 0 Å². The van der Waals surface area contributed by atoms with Crippen molar-refractivity contribution in [2.45, 2.75) is 38.7 Å². The molecule has 0 spiro atoms. The Balaban J connectivity index is 2.37. The van der Waals surface area contributed by atoms with E-state index in [0.29, 0.717) is 22.1 Å². The molecule has 0 saturated heterocycles. The van der Waals surface area contributed by atoms with Crippen LogP contribution in [0.15, 0.2) is 12.1 Å². The maximum atomic E-state index is 11.7. The monoisotopic (exact) mass is 268 g/mol. The van der Waals surface area contributed by atoms with Gasteiger partial charge in [-0.2, -0.15) is 0 Å². The molecule has 1 aliphatic rings. The normalized spacial score (nSPS) is 15.7. The van der Waals surface area contributed by atoms with Crippen LogP contribution in [0.5, 0.6) is 11.5 Å². The highest BCUT2D eigenvalue weighted by molar-refractivity contribution is 6.31. The summed E-state index contributed by atoms with van der Waals surface area (Å²) in [6.07, 6.45) is 4.59. The molecule has 0 radical (unpaired) electrons. The van der Waals surface area contributed by atoms with Gasteiger partial charge in [-0.15, -0.1) is 0 Å². The molecule has 0 atom stereocenters. The molecule has 4 heteroatoms. The molecule has 1 aliphatic carbocycles. The molecule has 0 aliphatic heterocycles. The predicted molar refractivity (Wildman–Crippen MR) is 70.9 cm³/mol. The number of methoxy groups -OCH3 is 1. The fourth-order valence-electron chi connectivity index (χ4n) is 2.28. The average molecular weight is 269 g/mol. The molecule has 0 bridgehead atoms. The summed E-state index contributed by atoms with van der Waals surface area (Å²) in [5.41, 5.74) is 0.492. The van der Waals surface area contributed by atoms with Crippen LogP contribution < -0.4 is 9.47 Å². The second-order valence-electron chi connectivity index (χ2n) is 4.57. The zero-order valence-electron chi connectivity index (χ0n) is 10.7. The van der Waals surface area contributed by atoms with Crippen molar-refractivity contribution in [2.75, 3.05) is 7.11 Å². The predicted octanol–water partition coefficient (Wildman–Crippen LogP) is 3.87. The number of rotatable bonds is 4. The third-order valence-corrected chi connectivity index (χ3v) is 3.42. The van der Waals surface area contributed by atoms with Crippen molar-refractivity contribution in [1.29, 1.82) is 0 Å². The van der Waals surface area contributed by atoms with Crippen LogP contribution in [-0.4, -0.2) is 19.0 Å². The van der Waals surface area contributed by atoms with E-state index in [-0.39, 0.29) is 11.9 Å². The number of carbonyl (C=O) groups is 1. The number of halogens is 1. The molecule has 0 amide bonds. The number of carbonyl (C=O) groups excluding carboxylic acids is 1. The Morgan fingerprint density at radius 1 is 1.33 bits per heavy atom. The van der Waals surface area contributed by atoms with Gasteiger partial charge in [-0.1, -0.05) is 11.6 Å². The standard InChI is InChI=1S/C14H17ClO3/c1-9(16)12-7-10(15)8-13(17-2)14(12)18-11-5-3-4-6-11/h7-8,11H,3-6H2,1-2H3. The van der Waals surface area contributed by atoms with Gasteiger partial charge in [0.2, 0.25) is 0 Å². The van der Waals surface area contributed by atoms with Crippen molar-refractivity contribution in [3.05, 3.63) is 22.7 Å². The SMILES string of the molecule is COc1cc(Cl)cc(C(C)=O)c1OC1CCCC1. The Labute approximate surface area is 112 Å². The molecule has 1 saturated carbocycles. The van der Waals surface area contributed by atoms with Gasteiger partial charge in [0, 0.05) is 11.1 Å². The largest absolute Gasteiger partial charge is 0.493 e. The maximum absolute atomic E-state index is 11.7. The molecule has 0 unspecified atom stereocenters. The number of hydrogen-bond acceptors (Lipinski definition) is 3. The fraction of sp³-hybridized carbons (Fsp3) is 0.500. The van der Waals surface area contributed by atoms with Crippen molar-refractivity contribution in [3.8, 4) is 11.5 Å². The first-order valence-electron chi connectivity index (χ1n) is 6.17. The Bertz CT molecular complexity index is 451. The van der Waals surface area contributed by atoms with Crippen LogP contribution in [0.1, 0.15) is 43.0 Å². The van der Waals surface area contributed by atoms with Crippen molar-refractivity contribution >= 4 is 17.4 Å². The molecule has 98 valence electrons. The lowest BCUT2D eigenvalue weighted by Gasteiger charge is -2.18. The smallest absolute Gasteiger partial charge is 0.172 e. The Morgan fingerprint density at radius 2 is 2.00 bits per heavy atom. The minimum Gasteiger partial charge on any atom is -0.493 e. The molecule has 1 fully saturated rings. The van der Waals surface area contributed by atoms with E-state index < -0.39 is 0 Å². The summed E-state index contributed by atoms with van der Waals surface area (Å²) < 4.78 is 11.2. The molecular weight excluding hydrogens is 252 g/mol. The van der Waals surface area contributed by atoms with Crippen LogP contribution >= 0.6 is 11.6 Å². The minimum atomic E-state index is -0.0659. The second-order valence-corrected chi connectivity index (χ2v) is 5.00. The van der Waals surface area contributed by atoms with Gasteiger partial charge in [-0.05, 0) is 38.7 Å². The molecular formula is C14H17ClO3. The van der Waals surface area contributed by atoms with Gasteiger partial charge in [0.25, 0.3) is 0 Å². The lowest BCUT2D eigenvalue weighted by Crippen LogP contribution is -2.14. The Hall–Kier alpha value is -1.22. The van der Waals surface area contributed by atoms with Gasteiger partial charge in [0.05, 0.1) is 18.8 Å². The number of hydrogen-bond donors (Lipinski definition) is 0. The summed E-state index contributed by atoms with van der Waals surface area (Å²) in [6.45, 7) is 1.51. The summed E-state index contributed by atoms with van der Waals surface area (Å²) >= 11 is 5.97. The van der Waals surface area contributed by atoms with Crippen LogP contribution in [0.3, 0.4) is 0 Å². The van der Waals surface area contributed by atoms with E-state index >= 15 is 0 Å². The van der Waals surface area contributed by atoms with Crippen LogP contribution in [-0.2, 0) is 0 Å². The first-order valence-corrected chi connectivity index (χ1v) is 6.54. The van der Waals surface area contributed by atoms with Gasteiger partial charge in [-0.25, -0.2) is 0 Å². The number of Topliss-reactive ketones (excluding diaryl/α,β-unsaturated/α-hetero) is 1. The second kappa shape index (κ2) is 5.61. The lowest BCUT2D eigenvalue weighted by molar-refractivity contribution is 0.100. The van der Waals surface area contributed by atoms with E-state index in [2.05, 4.69) is 0 Å². The van der Waals surface area contributed by atoms with Gasteiger partial charge < -0.3 is 9.47 Å². The van der Waals surface area contributed by atoms with Gasteiger partial charge >= 0.3 is 0 Å². The first kappa shape index (κ1) is 13.2. The molecule has 0 aromatic heterocycles. The summed E-state index contributed by atoms with van der Waals surface area (Å²) in [5.74, 6) is 0.990. The summed E-state index contributed by atoms with van der Waals surface area (Å²) in [4.78, 5) is 11.7. The Kier molecular flexibility index (Phi) is 4.12. The Morgan fingerprint density at radius 3 is 2.56 bits per heavy atom. The molecule has 0 heterocycles. The molecule has 2 rings (SSSR count). The summed E-state index contributed by atoms with van der Waals surface area (Å²) in [6, 6.07) is 3.31. The van der Waals surface area contributed by atoms with E-state index in [1.165, 1.54) is 19.8 Å². The zero-order valence-corrected chi connectivity index (χ0v) is 11.4. The first-order chi connectivity index (χ1) is 8.61.